The minimum atomic E-state index is -0.532. The molecular weight excluding hydrogens is 784 g/mol. The maximum Gasteiger partial charge on any atom is 0.238 e. The fourth-order valence-electron chi connectivity index (χ4n) is 4.09. The van der Waals surface area contributed by atoms with Crippen LogP contribution in [0.3, 0.4) is 0 Å². The predicted molar refractivity (Wildman–Crippen MR) is 179 cm³/mol. The van der Waals surface area contributed by atoms with Crippen molar-refractivity contribution in [2.75, 3.05) is 11.5 Å². The lowest BCUT2D eigenvalue weighted by molar-refractivity contribution is 0.0207. The molecule has 0 spiro atoms. The summed E-state index contributed by atoms with van der Waals surface area (Å²) in [6.07, 6.45) is -1.06. The first-order chi connectivity index (χ1) is 19.3. The second-order valence-electron chi connectivity index (χ2n) is 9.91. The predicted octanol–water partition coefficient (Wildman–Crippen LogP) is 9.83. The number of halogens is 4. The lowest BCUT2D eigenvalue weighted by Gasteiger charge is -2.29. The molecule has 216 valence electrons. The van der Waals surface area contributed by atoms with Crippen LogP contribution in [0.25, 0.3) is 0 Å². The summed E-state index contributed by atoms with van der Waals surface area (Å²) in [4.78, 5) is 0. The zero-order valence-electron chi connectivity index (χ0n) is 22.9. The van der Waals surface area contributed by atoms with E-state index in [-0.39, 0.29) is 5.41 Å². The summed E-state index contributed by atoms with van der Waals surface area (Å²) in [5.41, 5.74) is 14.7. The summed E-state index contributed by atoms with van der Waals surface area (Å²) < 4.78 is 27.2. The Morgan fingerprint density at radius 1 is 0.537 bits per heavy atom. The first kappa shape index (κ1) is 31.5. The van der Waals surface area contributed by atoms with Crippen LogP contribution in [0.2, 0.25) is 0 Å². The van der Waals surface area contributed by atoms with Crippen molar-refractivity contribution in [1.29, 1.82) is 0 Å². The quantitative estimate of drug-likeness (QED) is 0.123. The summed E-state index contributed by atoms with van der Waals surface area (Å²) in [7, 11) is 0. The Labute approximate surface area is 274 Å². The van der Waals surface area contributed by atoms with Gasteiger partial charge in [-0.05, 0) is 148 Å². The molecule has 0 radical (unpaired) electrons. The molecule has 0 heterocycles. The van der Waals surface area contributed by atoms with E-state index in [0.29, 0.717) is 34.4 Å². The Bertz CT molecular complexity index is 1350. The Balaban J connectivity index is 1.51. The van der Waals surface area contributed by atoms with Crippen LogP contribution >= 0.6 is 63.7 Å². The third kappa shape index (κ3) is 7.91. The van der Waals surface area contributed by atoms with Crippen LogP contribution < -0.4 is 30.4 Å². The third-order valence-corrected chi connectivity index (χ3v) is 8.73. The van der Waals surface area contributed by atoms with Crippen molar-refractivity contribution in [2.45, 2.75) is 45.7 Å². The molecule has 0 aliphatic rings. The average molecular weight is 814 g/mol. The molecule has 6 nitrogen and oxygen atoms in total. The Hall–Kier alpha value is -2.40. The van der Waals surface area contributed by atoms with E-state index in [0.717, 1.165) is 29.0 Å². The molecule has 0 saturated carbocycles. The molecule has 0 fully saturated rings. The van der Waals surface area contributed by atoms with Gasteiger partial charge < -0.3 is 30.4 Å². The van der Waals surface area contributed by atoms with Crippen LogP contribution in [-0.2, 0) is 5.41 Å². The van der Waals surface area contributed by atoms with Gasteiger partial charge in [0, 0.05) is 30.6 Å². The minimum absolute atomic E-state index is 0.370. The Morgan fingerprint density at radius 2 is 0.829 bits per heavy atom. The fraction of sp³-hybridized carbons (Fsp3) is 0.226. The van der Waals surface area contributed by atoms with Gasteiger partial charge in [0.2, 0.25) is 12.6 Å². The number of nitrogen functional groups attached to an aromatic ring is 2. The average Bonchev–Trinajstić information content (AvgIpc) is 2.90. The Kier molecular flexibility index (Phi) is 10.2. The lowest BCUT2D eigenvalue weighted by Crippen LogP contribution is -2.22. The molecule has 0 saturated heterocycles. The van der Waals surface area contributed by atoms with E-state index in [2.05, 4.69) is 102 Å². The smallest absolute Gasteiger partial charge is 0.238 e. The zero-order chi connectivity index (χ0) is 29.9. The number of nitrogens with two attached hydrogens (primary N) is 2. The highest BCUT2D eigenvalue weighted by Gasteiger charge is 2.28. The molecule has 0 bridgehead atoms. The van der Waals surface area contributed by atoms with Gasteiger partial charge in [-0.2, -0.15) is 0 Å². The monoisotopic (exact) mass is 810 g/mol. The van der Waals surface area contributed by atoms with E-state index >= 15 is 0 Å². The molecule has 4 rings (SSSR count). The van der Waals surface area contributed by atoms with E-state index in [1.165, 1.54) is 0 Å². The minimum Gasteiger partial charge on any atom is -0.455 e. The molecule has 4 N–H and O–H groups in total. The van der Waals surface area contributed by atoms with E-state index in [1.54, 1.807) is 24.3 Å². The maximum absolute atomic E-state index is 6.13. The normalized spacial score (nSPS) is 12.9. The van der Waals surface area contributed by atoms with E-state index in [9.17, 15) is 0 Å². The molecule has 4 aromatic rings. The van der Waals surface area contributed by atoms with E-state index in [1.807, 2.05) is 38.1 Å². The number of hydrogen-bond acceptors (Lipinski definition) is 6. The van der Waals surface area contributed by atoms with Crippen LogP contribution in [0.4, 0.5) is 11.4 Å². The second-order valence-corrected chi connectivity index (χ2v) is 13.3. The summed E-state index contributed by atoms with van der Waals surface area (Å²) >= 11 is 14.8. The van der Waals surface area contributed by atoms with Gasteiger partial charge in [-0.25, -0.2) is 0 Å². The van der Waals surface area contributed by atoms with Gasteiger partial charge in [0.1, 0.15) is 11.5 Å². The zero-order valence-corrected chi connectivity index (χ0v) is 29.2. The summed E-state index contributed by atoms with van der Waals surface area (Å²) in [6, 6.07) is 22.6. The van der Waals surface area contributed by atoms with Crippen LogP contribution in [-0.4, -0.2) is 12.6 Å². The lowest BCUT2D eigenvalue weighted by atomic mass is 9.78. The van der Waals surface area contributed by atoms with Crippen LogP contribution in [0, 0.1) is 0 Å². The van der Waals surface area contributed by atoms with Crippen molar-refractivity contribution in [3.05, 3.63) is 102 Å². The van der Waals surface area contributed by atoms with Gasteiger partial charge >= 0.3 is 0 Å². The SMILES string of the molecule is CC(Oc1ccc(N)cc1)Oc1c(Br)cc(C(C)(C)c2cc(Br)c(OC(C)Oc3ccc(N)cc3)c(Br)c2)cc1Br. The van der Waals surface area contributed by atoms with Gasteiger partial charge in [0.05, 0.1) is 17.9 Å². The maximum atomic E-state index is 6.13. The number of rotatable bonds is 10. The van der Waals surface area contributed by atoms with Crippen LogP contribution in [0.15, 0.2) is 90.7 Å². The van der Waals surface area contributed by atoms with Gasteiger partial charge in [0.15, 0.2) is 11.5 Å². The standard InChI is InChI=1S/C31H30Br4N2O4/c1-17(38-23-9-5-21(36)6-10-23)40-29-25(32)13-19(14-26(29)33)31(3,4)20-15-27(34)30(28(35)16-20)41-18(2)39-24-11-7-22(37)8-12-24/h5-18H,36-37H2,1-4H3. The fourth-order valence-corrected chi connectivity index (χ4v) is 6.84. The molecule has 41 heavy (non-hydrogen) atoms. The molecular formula is C31H30Br4N2O4. The molecule has 4 aromatic carbocycles. The van der Waals surface area contributed by atoms with Crippen molar-refractivity contribution < 1.29 is 18.9 Å². The van der Waals surface area contributed by atoms with Gasteiger partial charge in [0.25, 0.3) is 0 Å². The van der Waals surface area contributed by atoms with Crippen LogP contribution in [0.5, 0.6) is 23.0 Å². The van der Waals surface area contributed by atoms with Crippen molar-refractivity contribution in [3.8, 4) is 23.0 Å². The highest BCUT2D eigenvalue weighted by Crippen LogP contribution is 2.44. The molecule has 0 amide bonds. The molecule has 0 aromatic heterocycles. The molecule has 2 unspecified atom stereocenters. The molecule has 10 heteroatoms. The van der Waals surface area contributed by atoms with Crippen LogP contribution in [0.1, 0.15) is 38.8 Å². The van der Waals surface area contributed by atoms with Crippen molar-refractivity contribution in [3.63, 3.8) is 0 Å². The number of benzene rings is 4. The number of anilines is 2. The molecule has 0 aliphatic carbocycles. The summed E-state index contributed by atoms with van der Waals surface area (Å²) in [6.45, 7) is 8.01. The number of ether oxygens (including phenoxy) is 4. The first-order valence-electron chi connectivity index (χ1n) is 12.7. The van der Waals surface area contributed by atoms with Gasteiger partial charge in [-0.15, -0.1) is 0 Å². The van der Waals surface area contributed by atoms with Crippen molar-refractivity contribution in [1.82, 2.24) is 0 Å². The van der Waals surface area contributed by atoms with Crippen molar-refractivity contribution >= 4 is 75.1 Å². The Morgan fingerprint density at radius 3 is 1.12 bits per heavy atom. The third-order valence-electron chi connectivity index (χ3n) is 6.37. The molecule has 2 atom stereocenters. The first-order valence-corrected chi connectivity index (χ1v) is 15.9. The molecule has 0 aliphatic heterocycles. The highest BCUT2D eigenvalue weighted by molar-refractivity contribution is 9.11. The van der Waals surface area contributed by atoms with Gasteiger partial charge in [-0.1, -0.05) is 13.8 Å². The van der Waals surface area contributed by atoms with Crippen molar-refractivity contribution in [2.24, 2.45) is 0 Å². The summed E-state index contributed by atoms with van der Waals surface area (Å²) in [5, 5.41) is 0. The second kappa shape index (κ2) is 13.3. The largest absolute Gasteiger partial charge is 0.455 e. The summed E-state index contributed by atoms with van der Waals surface area (Å²) in [5.74, 6) is 2.64. The highest BCUT2D eigenvalue weighted by atomic mass is 79.9. The van der Waals surface area contributed by atoms with E-state index in [4.69, 9.17) is 30.4 Å². The van der Waals surface area contributed by atoms with Gasteiger partial charge in [-0.3, -0.25) is 0 Å². The van der Waals surface area contributed by atoms with E-state index < -0.39 is 12.6 Å². The number of hydrogen-bond donors (Lipinski definition) is 2. The topological polar surface area (TPSA) is 89.0 Å².